The second-order valence-corrected chi connectivity index (χ2v) is 5.21. The van der Waals surface area contributed by atoms with Gasteiger partial charge in [-0.15, -0.1) is 0 Å². The lowest BCUT2D eigenvalue weighted by Gasteiger charge is -2.27. The summed E-state index contributed by atoms with van der Waals surface area (Å²) in [4.78, 5) is 4.81. The molecule has 1 aliphatic heterocycles. The van der Waals surface area contributed by atoms with Gasteiger partial charge in [-0.2, -0.15) is 0 Å². The average Bonchev–Trinajstić information content (AvgIpc) is 2.33. The molecule has 0 unspecified atom stereocenters. The summed E-state index contributed by atoms with van der Waals surface area (Å²) in [6.07, 6.45) is 3.90. The summed E-state index contributed by atoms with van der Waals surface area (Å²) in [6.45, 7) is 9.61. The molecule has 0 spiro atoms. The molecule has 1 fully saturated rings. The standard InChI is InChI=1S/C13H30N4/c1-16(2)10-5-7-14-6-3-4-11-17-12-8-15-9-13-17/h14-15H,3-13H2,1-2H3. The largest absolute Gasteiger partial charge is 0.317 e. The molecular weight excluding hydrogens is 212 g/mol. The molecule has 102 valence electrons. The zero-order valence-corrected chi connectivity index (χ0v) is 11.7. The van der Waals surface area contributed by atoms with Gasteiger partial charge in [0.2, 0.25) is 0 Å². The van der Waals surface area contributed by atoms with Gasteiger partial charge in [0, 0.05) is 26.2 Å². The lowest BCUT2D eigenvalue weighted by Crippen LogP contribution is -2.43. The van der Waals surface area contributed by atoms with E-state index < -0.39 is 0 Å². The maximum Gasteiger partial charge on any atom is 0.0107 e. The highest BCUT2D eigenvalue weighted by Gasteiger charge is 2.07. The molecule has 0 saturated carbocycles. The van der Waals surface area contributed by atoms with E-state index in [4.69, 9.17) is 0 Å². The van der Waals surface area contributed by atoms with Crippen LogP contribution in [0, 0.1) is 0 Å². The van der Waals surface area contributed by atoms with Crippen molar-refractivity contribution in [3.8, 4) is 0 Å². The van der Waals surface area contributed by atoms with Crippen molar-refractivity contribution in [2.24, 2.45) is 0 Å². The Balaban J connectivity index is 1.78. The van der Waals surface area contributed by atoms with E-state index in [1.54, 1.807) is 0 Å². The molecule has 1 rings (SSSR count). The van der Waals surface area contributed by atoms with Crippen molar-refractivity contribution in [2.75, 3.05) is 66.5 Å². The Kier molecular flexibility index (Phi) is 8.61. The summed E-state index contributed by atoms with van der Waals surface area (Å²) < 4.78 is 0. The van der Waals surface area contributed by atoms with Crippen molar-refractivity contribution in [1.82, 2.24) is 20.4 Å². The summed E-state index contributed by atoms with van der Waals surface area (Å²) in [6, 6.07) is 0. The molecule has 0 aliphatic carbocycles. The predicted molar refractivity (Wildman–Crippen MR) is 74.6 cm³/mol. The van der Waals surface area contributed by atoms with Gasteiger partial charge < -0.3 is 20.4 Å². The summed E-state index contributed by atoms with van der Waals surface area (Å²) in [7, 11) is 4.26. The molecule has 0 amide bonds. The zero-order chi connectivity index (χ0) is 12.3. The fraction of sp³-hybridized carbons (Fsp3) is 1.00. The Morgan fingerprint density at radius 2 is 1.76 bits per heavy atom. The molecule has 0 aromatic carbocycles. The highest BCUT2D eigenvalue weighted by Crippen LogP contribution is 1.96. The minimum atomic E-state index is 1.16. The minimum Gasteiger partial charge on any atom is -0.317 e. The number of nitrogens with one attached hydrogen (secondary N) is 2. The van der Waals surface area contributed by atoms with Crippen LogP contribution in [0.2, 0.25) is 0 Å². The van der Waals surface area contributed by atoms with Crippen molar-refractivity contribution in [2.45, 2.75) is 19.3 Å². The zero-order valence-electron chi connectivity index (χ0n) is 11.7. The van der Waals surface area contributed by atoms with E-state index in [1.165, 1.54) is 65.1 Å². The first-order valence-electron chi connectivity index (χ1n) is 7.07. The first-order chi connectivity index (χ1) is 8.29. The lowest BCUT2D eigenvalue weighted by molar-refractivity contribution is 0.236. The molecule has 1 aliphatic rings. The average molecular weight is 242 g/mol. The molecule has 4 nitrogen and oxygen atoms in total. The molecule has 0 radical (unpaired) electrons. The second-order valence-electron chi connectivity index (χ2n) is 5.21. The van der Waals surface area contributed by atoms with Gasteiger partial charge in [-0.05, 0) is 59.5 Å². The Morgan fingerprint density at radius 1 is 1.06 bits per heavy atom. The van der Waals surface area contributed by atoms with Crippen LogP contribution in [0.1, 0.15) is 19.3 Å². The highest BCUT2D eigenvalue weighted by molar-refractivity contribution is 4.67. The van der Waals surface area contributed by atoms with Crippen molar-refractivity contribution in [3.05, 3.63) is 0 Å². The van der Waals surface area contributed by atoms with Crippen LogP contribution in [0.5, 0.6) is 0 Å². The Labute approximate surface area is 107 Å². The van der Waals surface area contributed by atoms with E-state index >= 15 is 0 Å². The first kappa shape index (κ1) is 14.9. The maximum atomic E-state index is 3.52. The number of rotatable bonds is 9. The van der Waals surface area contributed by atoms with Gasteiger partial charge in [-0.1, -0.05) is 0 Å². The third-order valence-corrected chi connectivity index (χ3v) is 3.25. The molecule has 0 aromatic rings. The van der Waals surface area contributed by atoms with Crippen LogP contribution in [0.15, 0.2) is 0 Å². The maximum absolute atomic E-state index is 3.52. The number of hydrogen-bond acceptors (Lipinski definition) is 4. The molecule has 0 atom stereocenters. The van der Waals surface area contributed by atoms with Gasteiger partial charge in [0.1, 0.15) is 0 Å². The topological polar surface area (TPSA) is 30.5 Å². The molecule has 2 N–H and O–H groups in total. The lowest BCUT2D eigenvalue weighted by atomic mass is 10.2. The van der Waals surface area contributed by atoms with Crippen molar-refractivity contribution in [3.63, 3.8) is 0 Å². The van der Waals surface area contributed by atoms with Gasteiger partial charge >= 0.3 is 0 Å². The summed E-state index contributed by atoms with van der Waals surface area (Å²) in [5, 5.41) is 6.91. The van der Waals surface area contributed by atoms with Crippen LogP contribution in [-0.4, -0.2) is 76.3 Å². The fourth-order valence-electron chi connectivity index (χ4n) is 2.17. The van der Waals surface area contributed by atoms with E-state index in [-0.39, 0.29) is 0 Å². The quantitative estimate of drug-likeness (QED) is 0.566. The van der Waals surface area contributed by atoms with Crippen LogP contribution in [0.25, 0.3) is 0 Å². The molecule has 1 saturated heterocycles. The minimum absolute atomic E-state index is 1.16. The predicted octanol–water partition coefficient (Wildman–Crippen LogP) is 0.213. The molecule has 0 aromatic heterocycles. The van der Waals surface area contributed by atoms with E-state index in [0.29, 0.717) is 0 Å². The van der Waals surface area contributed by atoms with Gasteiger partial charge in [0.05, 0.1) is 0 Å². The van der Waals surface area contributed by atoms with Gasteiger partial charge in [0.25, 0.3) is 0 Å². The number of piperazine rings is 1. The highest BCUT2D eigenvalue weighted by atomic mass is 15.2. The first-order valence-corrected chi connectivity index (χ1v) is 7.07. The second kappa shape index (κ2) is 9.83. The summed E-state index contributed by atoms with van der Waals surface area (Å²) in [5.41, 5.74) is 0. The number of unbranched alkanes of at least 4 members (excludes halogenated alkanes) is 1. The molecule has 4 heteroatoms. The summed E-state index contributed by atoms with van der Waals surface area (Å²) in [5.74, 6) is 0. The van der Waals surface area contributed by atoms with Crippen molar-refractivity contribution in [1.29, 1.82) is 0 Å². The fourth-order valence-corrected chi connectivity index (χ4v) is 2.17. The van der Waals surface area contributed by atoms with E-state index in [9.17, 15) is 0 Å². The van der Waals surface area contributed by atoms with Crippen LogP contribution in [0.3, 0.4) is 0 Å². The van der Waals surface area contributed by atoms with E-state index in [2.05, 4.69) is 34.5 Å². The third kappa shape index (κ3) is 8.55. The SMILES string of the molecule is CN(C)CCCNCCCCN1CCNCC1. The van der Waals surface area contributed by atoms with Crippen LogP contribution in [0.4, 0.5) is 0 Å². The summed E-state index contributed by atoms with van der Waals surface area (Å²) >= 11 is 0. The Hall–Kier alpha value is -0.160. The monoisotopic (exact) mass is 242 g/mol. The van der Waals surface area contributed by atoms with Crippen LogP contribution >= 0.6 is 0 Å². The number of nitrogens with zero attached hydrogens (tertiary/aromatic N) is 2. The van der Waals surface area contributed by atoms with Crippen LogP contribution in [-0.2, 0) is 0 Å². The molecular formula is C13H30N4. The molecule has 0 bridgehead atoms. The Bertz CT molecular complexity index is 167. The van der Waals surface area contributed by atoms with E-state index in [0.717, 1.165) is 6.54 Å². The van der Waals surface area contributed by atoms with Gasteiger partial charge in [-0.3, -0.25) is 0 Å². The van der Waals surface area contributed by atoms with Crippen molar-refractivity contribution >= 4 is 0 Å². The third-order valence-electron chi connectivity index (χ3n) is 3.25. The van der Waals surface area contributed by atoms with Crippen molar-refractivity contribution < 1.29 is 0 Å². The van der Waals surface area contributed by atoms with E-state index in [1.807, 2.05) is 0 Å². The van der Waals surface area contributed by atoms with Crippen LogP contribution < -0.4 is 10.6 Å². The number of hydrogen-bond donors (Lipinski definition) is 2. The van der Waals surface area contributed by atoms with Gasteiger partial charge in [0.15, 0.2) is 0 Å². The smallest absolute Gasteiger partial charge is 0.0107 e. The Morgan fingerprint density at radius 3 is 2.47 bits per heavy atom. The molecule has 17 heavy (non-hydrogen) atoms. The molecule has 1 heterocycles. The normalized spacial score (nSPS) is 17.8. The van der Waals surface area contributed by atoms with Gasteiger partial charge in [-0.25, -0.2) is 0 Å².